The molecule has 11 rings (SSSR count). The second kappa shape index (κ2) is 15.9. The zero-order valence-electron chi connectivity index (χ0n) is 39.4. The summed E-state index contributed by atoms with van der Waals surface area (Å²) >= 11 is 0. The van der Waals surface area contributed by atoms with E-state index in [0.29, 0.717) is 51.4 Å². The van der Waals surface area contributed by atoms with E-state index in [1.54, 1.807) is 6.08 Å². The molecule has 1 N–H and O–H groups in total. The third kappa shape index (κ3) is 7.47. The van der Waals surface area contributed by atoms with Crippen LogP contribution in [-0.4, -0.2) is 143 Å². The molecular formula is C51H74O13. The molecule has 9 fully saturated rings. The van der Waals surface area contributed by atoms with Gasteiger partial charge in [-0.05, 0) is 91.6 Å². The minimum atomic E-state index is -0.823. The summed E-state index contributed by atoms with van der Waals surface area (Å²) in [6, 6.07) is 0. The molecule has 0 bridgehead atoms. The fourth-order valence-corrected chi connectivity index (χ4v) is 14.1. The molecule has 9 saturated heterocycles. The van der Waals surface area contributed by atoms with Gasteiger partial charge in [0.1, 0.15) is 23.9 Å². The van der Waals surface area contributed by atoms with Gasteiger partial charge in [0.2, 0.25) is 0 Å². The first-order valence-electron chi connectivity index (χ1n) is 24.9. The number of carbonyl (C=O) groups is 1. The lowest BCUT2D eigenvalue weighted by molar-refractivity contribution is -0.356. The molecule has 11 aliphatic heterocycles. The van der Waals surface area contributed by atoms with Crippen LogP contribution in [0.3, 0.4) is 0 Å². The lowest BCUT2D eigenvalue weighted by Gasteiger charge is -2.60. The highest BCUT2D eigenvalue weighted by Gasteiger charge is 2.64. The molecule has 13 nitrogen and oxygen atoms in total. The Morgan fingerprint density at radius 3 is 2.30 bits per heavy atom. The van der Waals surface area contributed by atoms with Crippen molar-refractivity contribution >= 4 is 5.97 Å². The first kappa shape index (κ1) is 44.7. The van der Waals surface area contributed by atoms with Crippen LogP contribution >= 0.6 is 0 Å². The van der Waals surface area contributed by atoms with Crippen LogP contribution in [0.15, 0.2) is 36.0 Å². The summed E-state index contributed by atoms with van der Waals surface area (Å²) in [5.74, 6) is -0.128. The Kier molecular flexibility index (Phi) is 11.1. The van der Waals surface area contributed by atoms with Crippen molar-refractivity contribution in [3.63, 3.8) is 0 Å². The Bertz CT molecular complexity index is 1910. The topological polar surface area (TPSA) is 139 Å². The maximum absolute atomic E-state index is 12.3. The van der Waals surface area contributed by atoms with Crippen LogP contribution in [0.25, 0.3) is 0 Å². The van der Waals surface area contributed by atoms with E-state index in [2.05, 4.69) is 60.3 Å². The summed E-state index contributed by atoms with van der Waals surface area (Å²) < 4.78 is 76.0. The molecule has 356 valence electrons. The predicted octanol–water partition coefficient (Wildman–Crippen LogP) is 6.68. The first-order chi connectivity index (χ1) is 30.4. The van der Waals surface area contributed by atoms with Crippen LogP contribution in [0, 0.1) is 5.92 Å². The summed E-state index contributed by atoms with van der Waals surface area (Å²) in [5.41, 5.74) is -1.11. The summed E-state index contributed by atoms with van der Waals surface area (Å²) in [6.07, 6.45) is 11.4. The van der Waals surface area contributed by atoms with Crippen molar-refractivity contribution in [2.45, 2.75) is 271 Å². The van der Waals surface area contributed by atoms with Gasteiger partial charge in [0.15, 0.2) is 0 Å². The molecule has 0 aliphatic carbocycles. The average molecular weight is 895 g/mol. The van der Waals surface area contributed by atoms with Crippen molar-refractivity contribution < 1.29 is 62.0 Å². The second-order valence-corrected chi connectivity index (χ2v) is 23.0. The largest absolute Gasteiger partial charge is 0.456 e. The van der Waals surface area contributed by atoms with Crippen molar-refractivity contribution in [2.75, 3.05) is 0 Å². The number of esters is 1. The van der Waals surface area contributed by atoms with Crippen LogP contribution < -0.4 is 0 Å². The van der Waals surface area contributed by atoms with Crippen LogP contribution in [0.2, 0.25) is 0 Å². The van der Waals surface area contributed by atoms with Crippen molar-refractivity contribution in [3.05, 3.63) is 36.0 Å². The van der Waals surface area contributed by atoms with E-state index < -0.39 is 34.1 Å². The zero-order valence-corrected chi connectivity index (χ0v) is 39.4. The Hall–Kier alpha value is -1.75. The van der Waals surface area contributed by atoms with Crippen molar-refractivity contribution in [2.24, 2.45) is 5.92 Å². The number of rotatable bonds is 3. The molecule has 11 aliphatic rings. The van der Waals surface area contributed by atoms with E-state index in [0.717, 1.165) is 43.3 Å². The first-order valence-corrected chi connectivity index (χ1v) is 24.9. The van der Waals surface area contributed by atoms with Gasteiger partial charge in [-0.3, -0.25) is 0 Å². The van der Waals surface area contributed by atoms with E-state index in [1.807, 2.05) is 13.8 Å². The van der Waals surface area contributed by atoms with Crippen molar-refractivity contribution in [1.29, 1.82) is 0 Å². The highest BCUT2D eigenvalue weighted by atomic mass is 16.7. The van der Waals surface area contributed by atoms with Gasteiger partial charge in [0.05, 0.1) is 108 Å². The van der Waals surface area contributed by atoms with Crippen LogP contribution in [0.1, 0.15) is 139 Å². The Labute approximate surface area is 379 Å². The molecule has 0 saturated carbocycles. The highest BCUT2D eigenvalue weighted by molar-refractivity contribution is 5.84. The molecule has 0 aromatic carbocycles. The standard InChI is InChI=1S/C51H74O13/c1-10-26(2)16-29-19-38(52)51(9)42(54-29)21-34-35(61-51)20-33-30(55-34)12-11-14-47(5)43(58-33)25-50(8)41(62-47)23-40-48(6,64-50)15-13-31-45(60-40)27(3)17-32-37(56-31)24-49(7)39(57-32)22-36-46(63-49)28(4)18-44(53)59-36/h11-12,18,27,29-43,45-46,52H,2,10,13-17,19-25H2,1,3-9H3/b12-11-/t27-,29-,30?,31+,32?,33+,34?,35-,36?,37-,38+,39?,40?,41?,42?,43-,45?,46-,47+,48-,49+,50+,51+/m1/s1. The van der Waals surface area contributed by atoms with Gasteiger partial charge < -0.3 is 57.2 Å². The molecule has 13 heteroatoms. The highest BCUT2D eigenvalue weighted by Crippen LogP contribution is 2.55. The SMILES string of the molecule is C=C(CC)C[C@@H]1C[C@H](O)[C@]2(C)O[C@@H]3C[C@@H]4O[C@@H]5C[C@]6(C)O[C@]7(C)CC[C@@H]8O[C@@H]9C[C@]%10(C)O[C@@H]%11C(C)=CC(=O)OC%11CC%10OC9C[C@@H](C)C8OC7CC6O[C@@]5(C)C/C=C\C4OC3CC2O1. The molecule has 0 amide bonds. The lowest BCUT2D eigenvalue weighted by Crippen LogP contribution is -2.70. The number of aliphatic hydroxyl groups excluding tert-OH is 1. The quantitative estimate of drug-likeness (QED) is 0.238. The normalized spacial score (nSPS) is 57.0. The third-order valence-electron chi connectivity index (χ3n) is 18.1. The molecule has 0 spiro atoms. The molecule has 0 radical (unpaired) electrons. The molecule has 23 atom stereocenters. The molecule has 0 aromatic rings. The summed E-state index contributed by atoms with van der Waals surface area (Å²) in [6.45, 7) is 21.3. The number of hydrogen-bond donors (Lipinski definition) is 1. The van der Waals surface area contributed by atoms with E-state index in [-0.39, 0.29) is 110 Å². The lowest BCUT2D eigenvalue weighted by atomic mass is 9.72. The van der Waals surface area contributed by atoms with Gasteiger partial charge in [-0.25, -0.2) is 4.79 Å². The second-order valence-electron chi connectivity index (χ2n) is 23.0. The number of aliphatic hydroxyl groups is 1. The van der Waals surface area contributed by atoms with E-state index >= 15 is 0 Å². The molecular weight excluding hydrogens is 821 g/mol. The summed E-state index contributed by atoms with van der Waals surface area (Å²) in [5, 5.41) is 11.5. The minimum Gasteiger partial charge on any atom is -0.456 e. The fourth-order valence-electron chi connectivity index (χ4n) is 14.1. The predicted molar refractivity (Wildman–Crippen MR) is 232 cm³/mol. The summed E-state index contributed by atoms with van der Waals surface area (Å²) in [7, 11) is 0. The van der Waals surface area contributed by atoms with E-state index in [4.69, 9.17) is 52.1 Å². The number of carbonyl (C=O) groups excluding carboxylic acids is 1. The average Bonchev–Trinajstić information content (AvgIpc) is 3.43. The fraction of sp³-hybridized carbons (Fsp3) is 0.863. The molecule has 64 heavy (non-hydrogen) atoms. The van der Waals surface area contributed by atoms with Crippen LogP contribution in [-0.2, 0) is 56.9 Å². The Morgan fingerprint density at radius 2 is 1.48 bits per heavy atom. The Balaban J connectivity index is 0.776. The van der Waals surface area contributed by atoms with Gasteiger partial charge in [-0.15, -0.1) is 0 Å². The molecule has 0 aromatic heterocycles. The minimum absolute atomic E-state index is 0.0754. The van der Waals surface area contributed by atoms with Gasteiger partial charge in [-0.1, -0.05) is 38.2 Å². The third-order valence-corrected chi connectivity index (χ3v) is 18.1. The molecule has 11 heterocycles. The van der Waals surface area contributed by atoms with E-state index in [1.165, 1.54) is 0 Å². The van der Waals surface area contributed by atoms with E-state index in [9.17, 15) is 9.90 Å². The smallest absolute Gasteiger partial charge is 0.331 e. The molecule has 9 unspecified atom stereocenters. The number of ether oxygens (including phenoxy) is 11. The maximum Gasteiger partial charge on any atom is 0.331 e. The van der Waals surface area contributed by atoms with Crippen LogP contribution in [0.5, 0.6) is 0 Å². The number of hydrogen-bond acceptors (Lipinski definition) is 13. The van der Waals surface area contributed by atoms with Crippen LogP contribution in [0.4, 0.5) is 0 Å². The summed E-state index contributed by atoms with van der Waals surface area (Å²) in [4.78, 5) is 12.3. The van der Waals surface area contributed by atoms with Crippen molar-refractivity contribution in [3.8, 4) is 0 Å². The van der Waals surface area contributed by atoms with Gasteiger partial charge in [0.25, 0.3) is 0 Å². The maximum atomic E-state index is 12.3. The zero-order chi connectivity index (χ0) is 44.7. The monoisotopic (exact) mass is 895 g/mol. The Morgan fingerprint density at radius 1 is 0.719 bits per heavy atom. The van der Waals surface area contributed by atoms with Gasteiger partial charge in [0, 0.05) is 51.0 Å². The van der Waals surface area contributed by atoms with Gasteiger partial charge >= 0.3 is 5.97 Å². The number of fused-ring (bicyclic) bond motifs is 10. The van der Waals surface area contributed by atoms with Gasteiger partial charge in [-0.2, -0.15) is 0 Å². The van der Waals surface area contributed by atoms with Crippen molar-refractivity contribution in [1.82, 2.24) is 0 Å².